The Balaban J connectivity index is 2.07. The average molecular weight is 333 g/mol. The summed E-state index contributed by atoms with van der Waals surface area (Å²) in [5, 5.41) is 8.25. The Kier molecular flexibility index (Phi) is 6.56. The van der Waals surface area contributed by atoms with Crippen LogP contribution in [-0.2, 0) is 4.74 Å². The van der Waals surface area contributed by atoms with Gasteiger partial charge in [0.2, 0.25) is 0 Å². The van der Waals surface area contributed by atoms with Crippen molar-refractivity contribution in [3.8, 4) is 5.75 Å². The van der Waals surface area contributed by atoms with E-state index in [1.165, 1.54) is 7.11 Å². The highest BCUT2D eigenvalue weighted by atomic mass is 35.5. The quantitative estimate of drug-likeness (QED) is 0.313. The van der Waals surface area contributed by atoms with Crippen LogP contribution < -0.4 is 4.74 Å². The standard InChI is InChI=1S/C17H17ClN2O3/c1-22-17(21)15-5-2-3-6-16(15)20-19-13-7-9-14(10-8-13)23-12-4-11-18/h2-3,5-10H,4,11-12H2,1H3. The van der Waals surface area contributed by atoms with Crippen LogP contribution >= 0.6 is 11.6 Å². The number of esters is 1. The van der Waals surface area contributed by atoms with E-state index in [1.807, 2.05) is 12.1 Å². The molecule has 0 aliphatic rings. The van der Waals surface area contributed by atoms with Crippen molar-refractivity contribution >= 4 is 28.9 Å². The van der Waals surface area contributed by atoms with Gasteiger partial charge in [0.05, 0.1) is 25.0 Å². The van der Waals surface area contributed by atoms with E-state index in [1.54, 1.807) is 36.4 Å². The van der Waals surface area contributed by atoms with Crippen LogP contribution in [0.25, 0.3) is 0 Å². The first kappa shape index (κ1) is 17.0. The second-order valence-corrected chi connectivity index (χ2v) is 4.97. The van der Waals surface area contributed by atoms with Crippen LogP contribution in [-0.4, -0.2) is 25.6 Å². The zero-order valence-electron chi connectivity index (χ0n) is 12.7. The Bertz CT molecular complexity index is 672. The summed E-state index contributed by atoms with van der Waals surface area (Å²) in [6.45, 7) is 0.580. The highest BCUT2D eigenvalue weighted by Crippen LogP contribution is 2.24. The predicted molar refractivity (Wildman–Crippen MR) is 89.2 cm³/mol. The number of alkyl halides is 1. The van der Waals surface area contributed by atoms with Crippen molar-refractivity contribution in [3.63, 3.8) is 0 Å². The summed E-state index contributed by atoms with van der Waals surface area (Å²) in [7, 11) is 1.33. The summed E-state index contributed by atoms with van der Waals surface area (Å²) >= 11 is 5.60. The van der Waals surface area contributed by atoms with Crippen molar-refractivity contribution in [1.82, 2.24) is 0 Å². The zero-order chi connectivity index (χ0) is 16.5. The molecule has 2 aromatic rings. The molecular formula is C17H17ClN2O3. The number of halogens is 1. The fourth-order valence-corrected chi connectivity index (χ4v) is 1.92. The Hall–Kier alpha value is -2.40. The Morgan fingerprint density at radius 2 is 1.83 bits per heavy atom. The summed E-state index contributed by atoms with van der Waals surface area (Å²) in [6.07, 6.45) is 0.799. The normalized spacial score (nSPS) is 10.7. The molecule has 23 heavy (non-hydrogen) atoms. The highest BCUT2D eigenvalue weighted by Gasteiger charge is 2.10. The van der Waals surface area contributed by atoms with Gasteiger partial charge in [0.15, 0.2) is 0 Å². The number of hydrogen-bond donors (Lipinski definition) is 0. The first-order valence-electron chi connectivity index (χ1n) is 7.12. The number of carbonyl (C=O) groups is 1. The Morgan fingerprint density at radius 3 is 2.52 bits per heavy atom. The molecule has 0 saturated heterocycles. The summed E-state index contributed by atoms with van der Waals surface area (Å²) < 4.78 is 10.2. The minimum atomic E-state index is -0.442. The van der Waals surface area contributed by atoms with E-state index in [0.717, 1.165) is 12.2 Å². The van der Waals surface area contributed by atoms with Gasteiger partial charge in [-0.25, -0.2) is 4.79 Å². The molecule has 0 bridgehead atoms. The van der Waals surface area contributed by atoms with E-state index in [0.29, 0.717) is 29.4 Å². The molecule has 0 saturated carbocycles. The maximum absolute atomic E-state index is 11.7. The number of rotatable bonds is 7. The number of ether oxygens (including phenoxy) is 2. The SMILES string of the molecule is COC(=O)c1ccccc1N=Nc1ccc(OCCCCl)cc1. The first-order valence-corrected chi connectivity index (χ1v) is 7.66. The molecule has 0 N–H and O–H groups in total. The van der Waals surface area contributed by atoms with Crippen molar-refractivity contribution in [2.45, 2.75) is 6.42 Å². The minimum absolute atomic E-state index is 0.375. The van der Waals surface area contributed by atoms with Gasteiger partial charge in [-0.2, -0.15) is 5.11 Å². The van der Waals surface area contributed by atoms with Gasteiger partial charge >= 0.3 is 5.97 Å². The molecule has 0 heterocycles. The topological polar surface area (TPSA) is 60.2 Å². The predicted octanol–water partition coefficient (Wildman–Crippen LogP) is 4.90. The van der Waals surface area contributed by atoms with E-state index in [-0.39, 0.29) is 0 Å². The van der Waals surface area contributed by atoms with Crippen molar-refractivity contribution in [2.75, 3.05) is 19.6 Å². The van der Waals surface area contributed by atoms with Crippen LogP contribution in [0.4, 0.5) is 11.4 Å². The molecule has 2 aromatic carbocycles. The second-order valence-electron chi connectivity index (χ2n) is 4.59. The number of benzene rings is 2. The van der Waals surface area contributed by atoms with Gasteiger partial charge in [-0.1, -0.05) is 12.1 Å². The van der Waals surface area contributed by atoms with Crippen molar-refractivity contribution in [3.05, 3.63) is 54.1 Å². The van der Waals surface area contributed by atoms with Crippen LogP contribution in [0, 0.1) is 0 Å². The lowest BCUT2D eigenvalue weighted by Crippen LogP contribution is -2.00. The Labute approximate surface area is 139 Å². The molecule has 0 aliphatic heterocycles. The van der Waals surface area contributed by atoms with Gasteiger partial charge in [-0.3, -0.25) is 0 Å². The lowest BCUT2D eigenvalue weighted by Gasteiger charge is -2.04. The van der Waals surface area contributed by atoms with Crippen LogP contribution in [0.15, 0.2) is 58.8 Å². The molecule has 0 aliphatic carbocycles. The van der Waals surface area contributed by atoms with E-state index >= 15 is 0 Å². The van der Waals surface area contributed by atoms with Crippen molar-refractivity contribution in [1.29, 1.82) is 0 Å². The fourth-order valence-electron chi connectivity index (χ4n) is 1.81. The largest absolute Gasteiger partial charge is 0.494 e. The molecule has 0 spiro atoms. The van der Waals surface area contributed by atoms with Gasteiger partial charge in [0.1, 0.15) is 11.4 Å². The van der Waals surface area contributed by atoms with Crippen molar-refractivity contribution < 1.29 is 14.3 Å². The second kappa shape index (κ2) is 8.90. The van der Waals surface area contributed by atoms with E-state index in [2.05, 4.69) is 10.2 Å². The molecule has 2 rings (SSSR count). The zero-order valence-corrected chi connectivity index (χ0v) is 13.5. The average Bonchev–Trinajstić information content (AvgIpc) is 2.61. The summed E-state index contributed by atoms with van der Waals surface area (Å²) in [5.74, 6) is 0.887. The molecule has 5 nitrogen and oxygen atoms in total. The van der Waals surface area contributed by atoms with Crippen LogP contribution in [0.5, 0.6) is 5.75 Å². The lowest BCUT2D eigenvalue weighted by atomic mass is 10.2. The number of hydrogen-bond acceptors (Lipinski definition) is 5. The molecule has 0 fully saturated rings. The molecule has 0 atom stereocenters. The fraction of sp³-hybridized carbons (Fsp3) is 0.235. The molecule has 0 aromatic heterocycles. The van der Waals surface area contributed by atoms with Gasteiger partial charge in [0, 0.05) is 5.88 Å². The van der Waals surface area contributed by atoms with Gasteiger partial charge in [-0.15, -0.1) is 16.7 Å². The van der Waals surface area contributed by atoms with Gasteiger partial charge in [0.25, 0.3) is 0 Å². The number of methoxy groups -OCH3 is 1. The third-order valence-electron chi connectivity index (χ3n) is 2.97. The minimum Gasteiger partial charge on any atom is -0.494 e. The smallest absolute Gasteiger partial charge is 0.340 e. The maximum Gasteiger partial charge on any atom is 0.340 e. The number of nitrogens with zero attached hydrogens (tertiary/aromatic N) is 2. The third-order valence-corrected chi connectivity index (χ3v) is 3.23. The molecule has 120 valence electrons. The monoisotopic (exact) mass is 332 g/mol. The van der Waals surface area contributed by atoms with E-state index < -0.39 is 5.97 Å². The summed E-state index contributed by atoms with van der Waals surface area (Å²) in [4.78, 5) is 11.7. The van der Waals surface area contributed by atoms with Crippen LogP contribution in [0.3, 0.4) is 0 Å². The van der Waals surface area contributed by atoms with Crippen molar-refractivity contribution in [2.24, 2.45) is 10.2 Å². The summed E-state index contributed by atoms with van der Waals surface area (Å²) in [6, 6.07) is 14.1. The van der Waals surface area contributed by atoms with Crippen LogP contribution in [0.1, 0.15) is 16.8 Å². The lowest BCUT2D eigenvalue weighted by molar-refractivity contribution is 0.0601. The van der Waals surface area contributed by atoms with Gasteiger partial charge in [-0.05, 0) is 42.8 Å². The molecular weight excluding hydrogens is 316 g/mol. The van der Waals surface area contributed by atoms with Crippen LogP contribution in [0.2, 0.25) is 0 Å². The van der Waals surface area contributed by atoms with E-state index in [4.69, 9.17) is 21.1 Å². The Morgan fingerprint density at radius 1 is 1.09 bits per heavy atom. The first-order chi connectivity index (χ1) is 11.2. The number of carbonyl (C=O) groups excluding carboxylic acids is 1. The molecule has 0 amide bonds. The molecule has 0 radical (unpaired) electrons. The molecule has 6 heteroatoms. The van der Waals surface area contributed by atoms with E-state index in [9.17, 15) is 4.79 Å². The number of azo groups is 1. The maximum atomic E-state index is 11.7. The third kappa shape index (κ3) is 5.07. The molecule has 0 unspecified atom stereocenters. The van der Waals surface area contributed by atoms with Gasteiger partial charge < -0.3 is 9.47 Å². The summed E-state index contributed by atoms with van der Waals surface area (Å²) in [5.41, 5.74) is 1.50. The highest BCUT2D eigenvalue weighted by molar-refractivity contribution is 6.17.